The topological polar surface area (TPSA) is 90.1 Å². The van der Waals surface area contributed by atoms with E-state index < -0.39 is 5.97 Å². The van der Waals surface area contributed by atoms with Gasteiger partial charge in [0, 0.05) is 0 Å². The fourth-order valence-electron chi connectivity index (χ4n) is 1.66. The number of rotatable bonds is 5. The molecule has 0 amide bonds. The van der Waals surface area contributed by atoms with E-state index in [-0.39, 0.29) is 12.2 Å². The first-order valence-corrected chi connectivity index (χ1v) is 5.82. The lowest BCUT2D eigenvalue weighted by atomic mass is 10.1. The molecule has 19 heavy (non-hydrogen) atoms. The van der Waals surface area contributed by atoms with Crippen molar-refractivity contribution in [3.8, 4) is 11.4 Å². The Morgan fingerprint density at radius 1 is 1.47 bits per heavy atom. The lowest BCUT2D eigenvalue weighted by Crippen LogP contribution is -2.05. The number of aryl methyl sites for hydroxylation is 1. The number of carbonyl (C=O) groups is 1. The molecule has 0 saturated heterocycles. The summed E-state index contributed by atoms with van der Waals surface area (Å²) >= 11 is 0. The minimum absolute atomic E-state index is 0.163. The lowest BCUT2D eigenvalue weighted by molar-refractivity contribution is -0.136. The Labute approximate surface area is 109 Å². The third-order valence-electron chi connectivity index (χ3n) is 2.63. The molecule has 0 spiro atoms. The summed E-state index contributed by atoms with van der Waals surface area (Å²) in [5.74, 6) is -0.221. The minimum atomic E-state index is -0.992. The minimum Gasteiger partial charge on any atom is -0.494 e. The van der Waals surface area contributed by atoms with Crippen LogP contribution in [0.3, 0.4) is 0 Å². The maximum Gasteiger partial charge on any atom is 0.311 e. The van der Waals surface area contributed by atoms with E-state index in [4.69, 9.17) is 9.84 Å². The Bertz CT molecular complexity index is 594. The molecular weight excluding hydrogens is 248 g/mol. The van der Waals surface area contributed by atoms with Crippen LogP contribution in [0.15, 0.2) is 18.2 Å². The first-order valence-electron chi connectivity index (χ1n) is 5.82. The molecule has 0 unspecified atom stereocenters. The van der Waals surface area contributed by atoms with E-state index in [1.165, 1.54) is 4.80 Å². The number of hydrogen-bond donors (Lipinski definition) is 1. The van der Waals surface area contributed by atoms with Crippen LogP contribution in [-0.4, -0.2) is 38.4 Å². The second-order valence-corrected chi connectivity index (χ2v) is 3.93. The van der Waals surface area contributed by atoms with Crippen LogP contribution in [0.2, 0.25) is 0 Å². The van der Waals surface area contributed by atoms with Crippen LogP contribution >= 0.6 is 0 Å². The van der Waals surface area contributed by atoms with Crippen LogP contribution in [0.1, 0.15) is 18.3 Å². The van der Waals surface area contributed by atoms with E-state index in [2.05, 4.69) is 15.4 Å². The summed E-state index contributed by atoms with van der Waals surface area (Å²) in [6, 6.07) is 5.68. The number of methoxy groups -OCH3 is 1. The predicted molar refractivity (Wildman–Crippen MR) is 66.4 cm³/mol. The largest absolute Gasteiger partial charge is 0.494 e. The molecule has 0 bridgehead atoms. The highest BCUT2D eigenvalue weighted by atomic mass is 16.5. The second-order valence-electron chi connectivity index (χ2n) is 3.93. The summed E-state index contributed by atoms with van der Waals surface area (Å²) in [5.41, 5.74) is 1.75. The summed E-state index contributed by atoms with van der Waals surface area (Å²) in [6.45, 7) is 2.04. The van der Waals surface area contributed by atoms with Crippen molar-refractivity contribution in [3.05, 3.63) is 29.6 Å². The van der Waals surface area contributed by atoms with Gasteiger partial charge in [0.15, 0.2) is 5.82 Å². The summed E-state index contributed by atoms with van der Waals surface area (Å²) in [6.07, 6.45) is 0.615. The van der Waals surface area contributed by atoms with Gasteiger partial charge in [0.1, 0.15) is 17.9 Å². The average molecular weight is 262 g/mol. The molecule has 0 atom stereocenters. The van der Waals surface area contributed by atoms with Gasteiger partial charge in [-0.05, 0) is 29.3 Å². The number of carboxylic acid groups (broad SMARTS) is 1. The number of aromatic nitrogens is 4. The fourth-order valence-corrected chi connectivity index (χ4v) is 1.66. The maximum atomic E-state index is 10.6. The molecule has 2 rings (SSSR count). The molecule has 1 N–H and O–H groups in total. The smallest absolute Gasteiger partial charge is 0.311 e. The van der Waals surface area contributed by atoms with Gasteiger partial charge in [-0.2, -0.15) is 0 Å². The highest BCUT2D eigenvalue weighted by molar-refractivity contribution is 5.68. The molecule has 0 aliphatic carbocycles. The Balaban J connectivity index is 2.39. The molecule has 1 aromatic carbocycles. The number of aliphatic carboxylic acids is 1. The number of hydrogen-bond acceptors (Lipinski definition) is 5. The number of benzene rings is 1. The summed E-state index contributed by atoms with van der Waals surface area (Å²) in [4.78, 5) is 11.9. The molecule has 2 aromatic rings. The molecule has 1 heterocycles. The highest BCUT2D eigenvalue weighted by Crippen LogP contribution is 2.22. The zero-order valence-electron chi connectivity index (χ0n) is 10.7. The Morgan fingerprint density at radius 3 is 2.89 bits per heavy atom. The van der Waals surface area contributed by atoms with Crippen LogP contribution in [0, 0.1) is 0 Å². The molecule has 0 aliphatic rings. The van der Waals surface area contributed by atoms with Gasteiger partial charge in [0.25, 0.3) is 0 Å². The zero-order valence-corrected chi connectivity index (χ0v) is 10.7. The number of carboxylic acids is 1. The van der Waals surface area contributed by atoms with E-state index >= 15 is 0 Å². The van der Waals surface area contributed by atoms with Crippen molar-refractivity contribution in [2.24, 2.45) is 0 Å². The lowest BCUT2D eigenvalue weighted by Gasteiger charge is -2.08. The number of tetrazole rings is 1. The Morgan fingerprint density at radius 2 is 2.26 bits per heavy atom. The van der Waals surface area contributed by atoms with E-state index in [0.717, 1.165) is 12.0 Å². The normalized spacial score (nSPS) is 10.4. The summed E-state index contributed by atoms with van der Waals surface area (Å²) in [7, 11) is 1.56. The van der Waals surface area contributed by atoms with Crippen LogP contribution in [0.25, 0.3) is 5.69 Å². The van der Waals surface area contributed by atoms with E-state index in [0.29, 0.717) is 11.4 Å². The second kappa shape index (κ2) is 5.47. The van der Waals surface area contributed by atoms with Gasteiger partial charge in [-0.3, -0.25) is 4.79 Å². The SMILES string of the molecule is CCc1ccc(OC)c(-n2nnc(CC(=O)O)n2)c1. The number of nitrogens with zero attached hydrogens (tertiary/aromatic N) is 4. The van der Waals surface area contributed by atoms with Gasteiger partial charge in [0.2, 0.25) is 0 Å². The molecule has 7 heteroatoms. The van der Waals surface area contributed by atoms with Gasteiger partial charge >= 0.3 is 5.97 Å². The van der Waals surface area contributed by atoms with Crippen molar-refractivity contribution in [1.29, 1.82) is 0 Å². The van der Waals surface area contributed by atoms with Gasteiger partial charge in [-0.15, -0.1) is 15.0 Å². The van der Waals surface area contributed by atoms with Gasteiger partial charge in [0.05, 0.1) is 7.11 Å². The van der Waals surface area contributed by atoms with Crippen LogP contribution < -0.4 is 4.74 Å². The van der Waals surface area contributed by atoms with Crippen LogP contribution in [-0.2, 0) is 17.6 Å². The van der Waals surface area contributed by atoms with Crippen LogP contribution in [0.4, 0.5) is 0 Å². The molecule has 0 aliphatic heterocycles. The average Bonchev–Trinajstić information content (AvgIpc) is 2.85. The van der Waals surface area contributed by atoms with E-state index in [1.54, 1.807) is 7.11 Å². The Kier molecular flexibility index (Phi) is 3.74. The molecule has 0 fully saturated rings. The van der Waals surface area contributed by atoms with Crippen molar-refractivity contribution in [1.82, 2.24) is 20.2 Å². The van der Waals surface area contributed by atoms with E-state index in [1.807, 2.05) is 25.1 Å². The van der Waals surface area contributed by atoms with Crippen molar-refractivity contribution in [2.45, 2.75) is 19.8 Å². The molecule has 1 aromatic heterocycles. The molecule has 7 nitrogen and oxygen atoms in total. The number of ether oxygens (including phenoxy) is 1. The maximum absolute atomic E-state index is 10.6. The molecule has 100 valence electrons. The summed E-state index contributed by atoms with van der Waals surface area (Å²) in [5, 5.41) is 20.3. The third-order valence-corrected chi connectivity index (χ3v) is 2.63. The summed E-state index contributed by atoms with van der Waals surface area (Å²) < 4.78 is 5.24. The highest BCUT2D eigenvalue weighted by Gasteiger charge is 2.12. The van der Waals surface area contributed by atoms with Gasteiger partial charge in [-0.1, -0.05) is 13.0 Å². The van der Waals surface area contributed by atoms with E-state index in [9.17, 15) is 4.79 Å². The van der Waals surface area contributed by atoms with Crippen LogP contribution in [0.5, 0.6) is 5.75 Å². The van der Waals surface area contributed by atoms with Crippen molar-refractivity contribution in [3.63, 3.8) is 0 Å². The standard InChI is InChI=1S/C12H14N4O3/c1-3-8-4-5-10(19-2)9(6-8)16-14-11(13-15-16)7-12(17)18/h4-6H,3,7H2,1-2H3,(H,17,18). The monoisotopic (exact) mass is 262 g/mol. The quantitative estimate of drug-likeness (QED) is 0.859. The van der Waals surface area contributed by atoms with Crippen molar-refractivity contribution < 1.29 is 14.6 Å². The molecule has 0 radical (unpaired) electrons. The van der Waals surface area contributed by atoms with Crippen molar-refractivity contribution >= 4 is 5.97 Å². The molecule has 0 saturated carbocycles. The first kappa shape index (κ1) is 13.0. The molecular formula is C12H14N4O3. The predicted octanol–water partition coefficient (Wildman–Crippen LogP) is 0.860. The van der Waals surface area contributed by atoms with Gasteiger partial charge < -0.3 is 9.84 Å². The van der Waals surface area contributed by atoms with Crippen molar-refractivity contribution in [2.75, 3.05) is 7.11 Å². The fraction of sp³-hybridized carbons (Fsp3) is 0.333. The Hall–Kier alpha value is -2.44. The first-order chi connectivity index (χ1) is 9.13. The zero-order chi connectivity index (χ0) is 13.8. The van der Waals surface area contributed by atoms with Gasteiger partial charge in [-0.25, -0.2) is 0 Å². The third kappa shape index (κ3) is 2.87.